The number of hydrogen-bond donors (Lipinski definition) is 1. The summed E-state index contributed by atoms with van der Waals surface area (Å²) in [7, 11) is 0. The van der Waals surface area contributed by atoms with Crippen molar-refractivity contribution in [1.82, 2.24) is 14.5 Å². The zero-order valence-corrected chi connectivity index (χ0v) is 30.7. The van der Waals surface area contributed by atoms with Crippen molar-refractivity contribution in [3.63, 3.8) is 0 Å². The van der Waals surface area contributed by atoms with Crippen LogP contribution in [0.1, 0.15) is 11.9 Å². The number of para-hydroxylation sites is 3. The Labute approximate surface area is 327 Å². The summed E-state index contributed by atoms with van der Waals surface area (Å²) in [6, 6.07) is 61.4. The molecule has 0 spiro atoms. The van der Waals surface area contributed by atoms with Crippen LogP contribution in [0.2, 0.25) is 0 Å². The van der Waals surface area contributed by atoms with Crippen LogP contribution in [0.15, 0.2) is 193 Å². The molecular formula is C52H33FN4. The second-order valence-corrected chi connectivity index (χ2v) is 14.9. The van der Waals surface area contributed by atoms with E-state index in [0.29, 0.717) is 0 Å². The maximum atomic E-state index is 14.7. The van der Waals surface area contributed by atoms with Crippen LogP contribution >= 0.6 is 0 Å². The van der Waals surface area contributed by atoms with Gasteiger partial charge in [-0.3, -0.25) is 0 Å². The van der Waals surface area contributed by atoms with Gasteiger partial charge < -0.3 is 14.5 Å². The minimum Gasteiger partial charge on any atom is -0.353 e. The Hall–Kier alpha value is -7.50. The number of aromatic nitrogens is 2. The van der Waals surface area contributed by atoms with Crippen molar-refractivity contribution in [3.05, 3.63) is 200 Å². The molecule has 2 aromatic heterocycles. The number of fused-ring (bicyclic) bond motifs is 12. The summed E-state index contributed by atoms with van der Waals surface area (Å²) >= 11 is 0. The van der Waals surface area contributed by atoms with Crippen molar-refractivity contribution in [1.29, 1.82) is 0 Å². The van der Waals surface area contributed by atoms with Crippen LogP contribution in [0.25, 0.3) is 92.7 Å². The van der Waals surface area contributed by atoms with Crippen molar-refractivity contribution in [3.8, 4) is 16.8 Å². The number of nitrogens with zero attached hydrogens (tertiary/aromatic N) is 3. The van der Waals surface area contributed by atoms with Crippen LogP contribution in [0.4, 0.5) is 4.39 Å². The van der Waals surface area contributed by atoms with Gasteiger partial charge in [-0.05, 0) is 116 Å². The molecule has 0 amide bonds. The van der Waals surface area contributed by atoms with Crippen LogP contribution in [-0.2, 0) is 0 Å². The van der Waals surface area contributed by atoms with Crippen molar-refractivity contribution < 1.29 is 4.39 Å². The van der Waals surface area contributed by atoms with E-state index in [1.807, 2.05) is 24.4 Å². The van der Waals surface area contributed by atoms with Gasteiger partial charge in [0.25, 0.3) is 0 Å². The number of aliphatic imine (C=N–C) groups is 1. The Morgan fingerprint density at radius 2 is 0.930 bits per heavy atom. The Bertz CT molecular complexity index is 3520. The summed E-state index contributed by atoms with van der Waals surface area (Å²) in [5, 5.41) is 14.7. The summed E-state index contributed by atoms with van der Waals surface area (Å²) in [4.78, 5) is 5.34. The molecule has 268 valence electrons. The molecule has 1 aliphatic rings. The maximum absolute atomic E-state index is 14.7. The molecular weight excluding hydrogens is 700 g/mol. The minimum absolute atomic E-state index is 0.241. The molecule has 0 radical (unpaired) electrons. The molecule has 1 atom stereocenters. The summed E-state index contributed by atoms with van der Waals surface area (Å²) in [5.74, 6) is -0.241. The molecule has 9 aromatic carbocycles. The predicted molar refractivity (Wildman–Crippen MR) is 236 cm³/mol. The summed E-state index contributed by atoms with van der Waals surface area (Å²) in [6.45, 7) is 0. The molecule has 0 saturated heterocycles. The summed E-state index contributed by atoms with van der Waals surface area (Å²) in [5.41, 5.74) is 9.93. The molecule has 1 unspecified atom stereocenters. The first-order valence-electron chi connectivity index (χ1n) is 19.3. The van der Waals surface area contributed by atoms with E-state index in [1.165, 1.54) is 38.1 Å². The first-order chi connectivity index (χ1) is 28.2. The zero-order valence-electron chi connectivity index (χ0n) is 30.7. The zero-order chi connectivity index (χ0) is 37.6. The summed E-state index contributed by atoms with van der Waals surface area (Å²) in [6.07, 6.45) is 3.64. The SMILES string of the molecule is Fc1ccc2c3ccccc3c3ccc(C4=NC(n5c6ccccc6c6cc(-c7ccc8c(c7)c7ccccc7n8-c7ccccc7)ccc65)NC=C4)cc3c2c1. The topological polar surface area (TPSA) is 34.2 Å². The van der Waals surface area contributed by atoms with E-state index in [4.69, 9.17) is 4.99 Å². The van der Waals surface area contributed by atoms with Crippen molar-refractivity contribution >= 4 is 81.6 Å². The minimum atomic E-state index is -0.375. The quantitative estimate of drug-likeness (QED) is 0.180. The Morgan fingerprint density at radius 3 is 1.68 bits per heavy atom. The van der Waals surface area contributed by atoms with Gasteiger partial charge in [-0.25, -0.2) is 9.38 Å². The third-order valence-electron chi connectivity index (χ3n) is 11.8. The third-order valence-corrected chi connectivity index (χ3v) is 11.8. The first-order valence-corrected chi connectivity index (χ1v) is 19.3. The van der Waals surface area contributed by atoms with E-state index >= 15 is 0 Å². The highest BCUT2D eigenvalue weighted by molar-refractivity contribution is 6.26. The highest BCUT2D eigenvalue weighted by Crippen LogP contribution is 2.40. The lowest BCUT2D eigenvalue weighted by molar-refractivity contribution is 0.499. The third kappa shape index (κ3) is 4.82. The predicted octanol–water partition coefficient (Wildman–Crippen LogP) is 13.2. The van der Waals surface area contributed by atoms with E-state index in [1.54, 1.807) is 12.1 Å². The molecule has 0 aliphatic carbocycles. The smallest absolute Gasteiger partial charge is 0.201 e. The van der Waals surface area contributed by atoms with Gasteiger partial charge in [0.05, 0.1) is 27.8 Å². The number of halogens is 1. The lowest BCUT2D eigenvalue weighted by atomic mass is 9.92. The first kappa shape index (κ1) is 31.8. The average molecular weight is 733 g/mol. The Kier molecular flexibility index (Phi) is 6.84. The van der Waals surface area contributed by atoms with Crippen molar-refractivity contribution in [2.75, 3.05) is 0 Å². The van der Waals surface area contributed by atoms with E-state index in [2.05, 4.69) is 166 Å². The molecule has 1 aliphatic heterocycles. The van der Waals surface area contributed by atoms with Crippen LogP contribution in [-0.4, -0.2) is 14.8 Å². The van der Waals surface area contributed by atoms with Gasteiger partial charge in [-0.1, -0.05) is 109 Å². The fraction of sp³-hybridized carbons (Fsp3) is 0.0192. The lowest BCUT2D eigenvalue weighted by Crippen LogP contribution is -2.25. The van der Waals surface area contributed by atoms with Gasteiger partial charge in [0.15, 0.2) is 0 Å². The van der Waals surface area contributed by atoms with E-state index in [-0.39, 0.29) is 12.1 Å². The van der Waals surface area contributed by atoms with Crippen LogP contribution in [0.3, 0.4) is 0 Å². The van der Waals surface area contributed by atoms with Gasteiger partial charge in [-0.15, -0.1) is 0 Å². The largest absolute Gasteiger partial charge is 0.353 e. The molecule has 11 aromatic rings. The van der Waals surface area contributed by atoms with Crippen LogP contribution < -0.4 is 5.32 Å². The molecule has 12 rings (SSSR count). The Balaban J connectivity index is 0.983. The maximum Gasteiger partial charge on any atom is 0.201 e. The lowest BCUT2D eigenvalue weighted by Gasteiger charge is -2.22. The van der Waals surface area contributed by atoms with Crippen molar-refractivity contribution in [2.24, 2.45) is 4.99 Å². The van der Waals surface area contributed by atoms with Crippen LogP contribution in [0.5, 0.6) is 0 Å². The number of benzene rings is 9. The molecule has 4 nitrogen and oxygen atoms in total. The van der Waals surface area contributed by atoms with Gasteiger partial charge >= 0.3 is 0 Å². The van der Waals surface area contributed by atoms with Gasteiger partial charge in [-0.2, -0.15) is 0 Å². The highest BCUT2D eigenvalue weighted by Gasteiger charge is 2.21. The standard InChI is InChI=1S/C52H33FN4/c53-35-21-23-40-38-13-5-4-12-37(38)39-22-18-34(30-43(39)44(40)31-35)47-26-27-54-52(55-47)57-49-17-9-7-15-42(49)46-29-33(20-25-51(46)57)32-19-24-50-45(28-32)41-14-6-8-16-48(41)56(50)36-10-2-1-3-11-36/h1-31,52,54H. The molecule has 3 heterocycles. The fourth-order valence-corrected chi connectivity index (χ4v) is 9.27. The number of nitrogens with one attached hydrogen (secondary N) is 1. The van der Waals surface area contributed by atoms with Gasteiger partial charge in [0.1, 0.15) is 5.82 Å². The number of hydrogen-bond acceptors (Lipinski definition) is 2. The van der Waals surface area contributed by atoms with E-state index in [0.717, 1.165) is 65.9 Å². The summed E-state index contributed by atoms with van der Waals surface area (Å²) < 4.78 is 19.4. The van der Waals surface area contributed by atoms with E-state index in [9.17, 15) is 4.39 Å². The second-order valence-electron chi connectivity index (χ2n) is 14.9. The number of allylic oxidation sites excluding steroid dienone is 1. The monoisotopic (exact) mass is 732 g/mol. The van der Waals surface area contributed by atoms with Gasteiger partial charge in [0.2, 0.25) is 6.29 Å². The molecule has 1 N–H and O–H groups in total. The molecule has 5 heteroatoms. The fourth-order valence-electron chi connectivity index (χ4n) is 9.27. The van der Waals surface area contributed by atoms with Gasteiger partial charge in [0, 0.05) is 39.0 Å². The highest BCUT2D eigenvalue weighted by atomic mass is 19.1. The van der Waals surface area contributed by atoms with Crippen LogP contribution in [0, 0.1) is 5.82 Å². The normalized spacial score (nSPS) is 14.4. The van der Waals surface area contributed by atoms with E-state index < -0.39 is 0 Å². The average Bonchev–Trinajstić information content (AvgIpc) is 3.79. The molecule has 0 bridgehead atoms. The molecule has 57 heavy (non-hydrogen) atoms. The number of rotatable bonds is 4. The Morgan fingerprint density at radius 1 is 0.421 bits per heavy atom. The molecule has 0 saturated carbocycles. The molecule has 0 fully saturated rings. The second kappa shape index (κ2) is 12.3. The van der Waals surface area contributed by atoms with Crippen molar-refractivity contribution in [2.45, 2.75) is 6.29 Å².